The van der Waals surface area contributed by atoms with Gasteiger partial charge in [0, 0.05) is 0 Å². The van der Waals surface area contributed by atoms with Crippen LogP contribution in [0.2, 0.25) is 0 Å². The van der Waals surface area contributed by atoms with E-state index in [1.807, 2.05) is 0 Å². The Balaban J connectivity index is 2.33. The van der Waals surface area contributed by atoms with Crippen LogP contribution in [-0.2, 0) is 0 Å². The van der Waals surface area contributed by atoms with E-state index in [0.717, 1.165) is 24.3 Å². The summed E-state index contributed by atoms with van der Waals surface area (Å²) in [5.41, 5.74) is 5.65. The number of nitrogens with two attached hydrogens (primary N) is 1. The zero-order chi connectivity index (χ0) is 8.27. The third kappa shape index (κ3) is 2.48. The molecule has 0 bridgehead atoms. The summed E-state index contributed by atoms with van der Waals surface area (Å²) in [6.45, 7) is 5.54. The van der Waals surface area contributed by atoms with Gasteiger partial charge in [-0.1, -0.05) is 33.1 Å². The van der Waals surface area contributed by atoms with Crippen molar-refractivity contribution >= 4 is 0 Å². The van der Waals surface area contributed by atoms with E-state index in [0.29, 0.717) is 0 Å². The van der Waals surface area contributed by atoms with Gasteiger partial charge in [-0.15, -0.1) is 0 Å². The van der Waals surface area contributed by atoms with Crippen molar-refractivity contribution in [3.8, 4) is 0 Å². The van der Waals surface area contributed by atoms with Gasteiger partial charge in [0.1, 0.15) is 0 Å². The zero-order valence-corrected chi connectivity index (χ0v) is 7.84. The number of hydrogen-bond donors (Lipinski definition) is 1. The molecule has 0 aliphatic heterocycles. The highest BCUT2D eigenvalue weighted by atomic mass is 14.5. The molecule has 0 saturated heterocycles. The van der Waals surface area contributed by atoms with E-state index in [4.69, 9.17) is 5.73 Å². The highest BCUT2D eigenvalue weighted by Crippen LogP contribution is 2.32. The predicted octanol–water partition coefficient (Wildman–Crippen LogP) is 2.41. The summed E-state index contributed by atoms with van der Waals surface area (Å²) in [5.74, 6) is 2.62. The molecular weight excluding hydrogens is 134 g/mol. The topological polar surface area (TPSA) is 26.0 Å². The van der Waals surface area contributed by atoms with Crippen LogP contribution in [0.1, 0.15) is 39.5 Å². The second-order valence-electron chi connectivity index (χ2n) is 4.24. The zero-order valence-electron chi connectivity index (χ0n) is 7.84. The van der Waals surface area contributed by atoms with E-state index in [2.05, 4.69) is 13.8 Å². The Kier molecular flexibility index (Phi) is 3.38. The average molecular weight is 155 g/mol. The fraction of sp³-hybridized carbons (Fsp3) is 1.00. The standard InChI is InChI=1S/C10H21N/c1-8-4-3-5-10(6-8)9(2)7-11/h8-10H,3-7,11H2,1-2H3. The van der Waals surface area contributed by atoms with Crippen LogP contribution in [0.3, 0.4) is 0 Å². The third-order valence-corrected chi connectivity index (χ3v) is 3.15. The van der Waals surface area contributed by atoms with E-state index >= 15 is 0 Å². The van der Waals surface area contributed by atoms with Gasteiger partial charge in [0.05, 0.1) is 0 Å². The molecule has 3 unspecified atom stereocenters. The normalized spacial score (nSPS) is 35.2. The summed E-state index contributed by atoms with van der Waals surface area (Å²) in [4.78, 5) is 0. The van der Waals surface area contributed by atoms with Crippen LogP contribution >= 0.6 is 0 Å². The van der Waals surface area contributed by atoms with E-state index in [1.54, 1.807) is 0 Å². The monoisotopic (exact) mass is 155 g/mol. The Hall–Kier alpha value is -0.0400. The maximum atomic E-state index is 5.65. The molecule has 0 aromatic rings. The molecule has 1 heteroatoms. The molecule has 1 rings (SSSR count). The van der Waals surface area contributed by atoms with Gasteiger partial charge in [-0.25, -0.2) is 0 Å². The highest BCUT2D eigenvalue weighted by Gasteiger charge is 2.22. The fourth-order valence-corrected chi connectivity index (χ4v) is 2.19. The molecule has 1 aliphatic carbocycles. The molecule has 1 aliphatic rings. The first kappa shape index (κ1) is 9.05. The van der Waals surface area contributed by atoms with Gasteiger partial charge in [0.15, 0.2) is 0 Å². The molecule has 0 spiro atoms. The Labute approximate surface area is 70.4 Å². The van der Waals surface area contributed by atoms with E-state index in [1.165, 1.54) is 25.7 Å². The van der Waals surface area contributed by atoms with E-state index < -0.39 is 0 Å². The lowest BCUT2D eigenvalue weighted by Gasteiger charge is -2.30. The van der Waals surface area contributed by atoms with Crippen molar-refractivity contribution in [1.82, 2.24) is 0 Å². The summed E-state index contributed by atoms with van der Waals surface area (Å²) >= 11 is 0. The average Bonchev–Trinajstić information content (AvgIpc) is 2.03. The van der Waals surface area contributed by atoms with Gasteiger partial charge in [0.25, 0.3) is 0 Å². The highest BCUT2D eigenvalue weighted by molar-refractivity contribution is 4.74. The van der Waals surface area contributed by atoms with Crippen molar-refractivity contribution in [1.29, 1.82) is 0 Å². The minimum absolute atomic E-state index is 0.748. The Morgan fingerprint density at radius 1 is 1.45 bits per heavy atom. The lowest BCUT2D eigenvalue weighted by Crippen LogP contribution is -2.25. The molecule has 1 fully saturated rings. The van der Waals surface area contributed by atoms with Gasteiger partial charge in [-0.05, 0) is 30.7 Å². The van der Waals surface area contributed by atoms with Crippen LogP contribution in [0.15, 0.2) is 0 Å². The molecule has 66 valence electrons. The Morgan fingerprint density at radius 2 is 2.18 bits per heavy atom. The SMILES string of the molecule is CC1CCCC(C(C)CN)C1. The molecule has 3 atom stereocenters. The van der Waals surface area contributed by atoms with Gasteiger partial charge < -0.3 is 5.73 Å². The van der Waals surface area contributed by atoms with Gasteiger partial charge in [-0.2, -0.15) is 0 Å². The second kappa shape index (κ2) is 4.10. The van der Waals surface area contributed by atoms with Crippen LogP contribution in [0.4, 0.5) is 0 Å². The van der Waals surface area contributed by atoms with Crippen molar-refractivity contribution in [2.24, 2.45) is 23.5 Å². The van der Waals surface area contributed by atoms with Gasteiger partial charge in [-0.3, -0.25) is 0 Å². The van der Waals surface area contributed by atoms with Crippen molar-refractivity contribution in [3.63, 3.8) is 0 Å². The molecule has 11 heavy (non-hydrogen) atoms. The molecule has 1 saturated carbocycles. The minimum atomic E-state index is 0.748. The van der Waals surface area contributed by atoms with Crippen LogP contribution < -0.4 is 5.73 Å². The number of rotatable bonds is 2. The molecular formula is C10H21N. The molecule has 0 aromatic carbocycles. The lowest BCUT2D eigenvalue weighted by molar-refractivity contribution is 0.219. The number of hydrogen-bond acceptors (Lipinski definition) is 1. The van der Waals surface area contributed by atoms with Crippen LogP contribution in [0.25, 0.3) is 0 Å². The molecule has 2 N–H and O–H groups in total. The molecule has 0 heterocycles. The van der Waals surface area contributed by atoms with Gasteiger partial charge in [0.2, 0.25) is 0 Å². The van der Waals surface area contributed by atoms with Crippen LogP contribution in [0, 0.1) is 17.8 Å². The molecule has 0 amide bonds. The second-order valence-corrected chi connectivity index (χ2v) is 4.24. The maximum Gasteiger partial charge on any atom is -0.00489 e. The van der Waals surface area contributed by atoms with Crippen LogP contribution in [-0.4, -0.2) is 6.54 Å². The summed E-state index contributed by atoms with van der Waals surface area (Å²) in [5, 5.41) is 0. The largest absolute Gasteiger partial charge is 0.330 e. The van der Waals surface area contributed by atoms with Gasteiger partial charge >= 0.3 is 0 Å². The lowest BCUT2D eigenvalue weighted by atomic mass is 9.76. The van der Waals surface area contributed by atoms with Crippen molar-refractivity contribution in [3.05, 3.63) is 0 Å². The Bertz CT molecular complexity index is 111. The van der Waals surface area contributed by atoms with Crippen molar-refractivity contribution in [2.75, 3.05) is 6.54 Å². The van der Waals surface area contributed by atoms with Crippen molar-refractivity contribution in [2.45, 2.75) is 39.5 Å². The maximum absolute atomic E-state index is 5.65. The van der Waals surface area contributed by atoms with Crippen LogP contribution in [0.5, 0.6) is 0 Å². The first-order chi connectivity index (χ1) is 5.24. The van der Waals surface area contributed by atoms with Crippen molar-refractivity contribution < 1.29 is 0 Å². The molecule has 0 aromatic heterocycles. The smallest absolute Gasteiger partial charge is 0.00489 e. The fourth-order valence-electron chi connectivity index (χ4n) is 2.19. The van der Waals surface area contributed by atoms with E-state index in [-0.39, 0.29) is 0 Å². The quantitative estimate of drug-likeness (QED) is 0.651. The third-order valence-electron chi connectivity index (χ3n) is 3.15. The first-order valence-electron chi connectivity index (χ1n) is 4.94. The molecule has 1 nitrogen and oxygen atoms in total. The summed E-state index contributed by atoms with van der Waals surface area (Å²) in [7, 11) is 0. The van der Waals surface area contributed by atoms with E-state index in [9.17, 15) is 0 Å². The summed E-state index contributed by atoms with van der Waals surface area (Å²) < 4.78 is 0. The summed E-state index contributed by atoms with van der Waals surface area (Å²) in [6.07, 6.45) is 5.70. The molecule has 0 radical (unpaired) electrons. The predicted molar refractivity (Wildman–Crippen MR) is 49.3 cm³/mol. The minimum Gasteiger partial charge on any atom is -0.330 e. The summed E-state index contributed by atoms with van der Waals surface area (Å²) in [6, 6.07) is 0. The first-order valence-corrected chi connectivity index (χ1v) is 4.94. The Morgan fingerprint density at radius 3 is 2.73 bits per heavy atom.